The lowest BCUT2D eigenvalue weighted by atomic mass is 9.94. The average Bonchev–Trinajstić information content (AvgIpc) is 3.10. The standard InChI is InChI=1S/C26H30N2O7/c1-4-5-15-35-21-12-9-19(16-17(21)2)24(29)22-23(18-7-10-20(11-8-18)28(32)33)27(13-6-14-34-3)26(31)25(22)30/h7-12,16,23,29H,4-6,13-15H2,1-3H3/t23-/m0/s1. The first-order chi connectivity index (χ1) is 16.8. The Morgan fingerprint density at radius 3 is 2.43 bits per heavy atom. The number of hydrogen-bond donors (Lipinski definition) is 1. The number of nitro groups is 1. The van der Waals surface area contributed by atoms with Gasteiger partial charge in [0, 0.05) is 38.0 Å². The van der Waals surface area contributed by atoms with Crippen LogP contribution in [0.25, 0.3) is 5.76 Å². The van der Waals surface area contributed by atoms with Gasteiger partial charge in [0.2, 0.25) is 0 Å². The number of hydrogen-bond acceptors (Lipinski definition) is 7. The molecule has 186 valence electrons. The van der Waals surface area contributed by atoms with Crippen LogP contribution in [-0.2, 0) is 14.3 Å². The van der Waals surface area contributed by atoms with E-state index >= 15 is 0 Å². The second kappa shape index (κ2) is 11.6. The number of carbonyl (C=O) groups is 2. The molecule has 0 spiro atoms. The molecule has 1 heterocycles. The van der Waals surface area contributed by atoms with E-state index in [0.29, 0.717) is 36.5 Å². The summed E-state index contributed by atoms with van der Waals surface area (Å²) in [5.74, 6) is -1.16. The number of ether oxygens (including phenoxy) is 2. The lowest BCUT2D eigenvalue weighted by Crippen LogP contribution is -2.31. The molecule has 9 heteroatoms. The summed E-state index contributed by atoms with van der Waals surface area (Å²) in [5.41, 5.74) is 1.49. The van der Waals surface area contributed by atoms with Gasteiger partial charge in [-0.2, -0.15) is 0 Å². The molecule has 1 atom stereocenters. The smallest absolute Gasteiger partial charge is 0.295 e. The fourth-order valence-corrected chi connectivity index (χ4v) is 4.06. The van der Waals surface area contributed by atoms with Gasteiger partial charge in [-0.1, -0.05) is 13.3 Å². The van der Waals surface area contributed by atoms with Gasteiger partial charge in [-0.3, -0.25) is 19.7 Å². The van der Waals surface area contributed by atoms with Crippen molar-refractivity contribution in [2.45, 2.75) is 39.2 Å². The SMILES string of the molecule is CCCCOc1ccc(C(O)=C2C(=O)C(=O)N(CCCOC)[C@H]2c2ccc([N+](=O)[O-])cc2)cc1C. The van der Waals surface area contributed by atoms with Crippen molar-refractivity contribution in [1.82, 2.24) is 4.90 Å². The van der Waals surface area contributed by atoms with Crippen molar-refractivity contribution in [3.05, 3.63) is 74.8 Å². The van der Waals surface area contributed by atoms with Crippen LogP contribution in [0.1, 0.15) is 48.9 Å². The predicted octanol–water partition coefficient (Wildman–Crippen LogP) is 4.54. The zero-order chi connectivity index (χ0) is 25.5. The fourth-order valence-electron chi connectivity index (χ4n) is 4.06. The van der Waals surface area contributed by atoms with Crippen LogP contribution in [0, 0.1) is 17.0 Å². The number of amides is 1. The topological polar surface area (TPSA) is 119 Å². The summed E-state index contributed by atoms with van der Waals surface area (Å²) in [6, 6.07) is 9.84. The monoisotopic (exact) mass is 482 g/mol. The Bertz CT molecular complexity index is 1130. The molecule has 2 aromatic carbocycles. The number of aliphatic hydroxyl groups is 1. The van der Waals surface area contributed by atoms with Gasteiger partial charge >= 0.3 is 0 Å². The predicted molar refractivity (Wildman–Crippen MR) is 130 cm³/mol. The first-order valence-electron chi connectivity index (χ1n) is 11.6. The minimum absolute atomic E-state index is 0.0553. The number of ketones is 1. The second-order valence-electron chi connectivity index (χ2n) is 8.37. The number of likely N-dealkylation sites (tertiary alicyclic amines) is 1. The molecular formula is C26H30N2O7. The summed E-state index contributed by atoms with van der Waals surface area (Å²) in [6.07, 6.45) is 2.41. The molecule has 0 radical (unpaired) electrons. The van der Waals surface area contributed by atoms with E-state index in [0.717, 1.165) is 18.4 Å². The van der Waals surface area contributed by atoms with Crippen LogP contribution in [0.4, 0.5) is 5.69 Å². The molecule has 0 aliphatic carbocycles. The van der Waals surface area contributed by atoms with Gasteiger partial charge in [-0.05, 0) is 61.2 Å². The van der Waals surface area contributed by atoms with E-state index in [2.05, 4.69) is 6.92 Å². The summed E-state index contributed by atoms with van der Waals surface area (Å²) in [4.78, 5) is 38.0. The molecule has 2 aromatic rings. The van der Waals surface area contributed by atoms with Gasteiger partial charge in [0.05, 0.1) is 23.1 Å². The number of carbonyl (C=O) groups excluding carboxylic acids is 2. The fraction of sp³-hybridized carbons (Fsp3) is 0.385. The number of nitro benzene ring substituents is 1. The maximum Gasteiger partial charge on any atom is 0.295 e. The van der Waals surface area contributed by atoms with Gasteiger partial charge in [0.25, 0.3) is 17.4 Å². The quantitative estimate of drug-likeness (QED) is 0.125. The van der Waals surface area contributed by atoms with Crippen LogP contribution in [0.2, 0.25) is 0 Å². The number of aliphatic hydroxyl groups excluding tert-OH is 1. The lowest BCUT2D eigenvalue weighted by molar-refractivity contribution is -0.384. The largest absolute Gasteiger partial charge is 0.507 e. The van der Waals surface area contributed by atoms with Crippen LogP contribution < -0.4 is 4.74 Å². The molecule has 1 aliphatic rings. The number of non-ortho nitro benzene ring substituents is 1. The summed E-state index contributed by atoms with van der Waals surface area (Å²) in [7, 11) is 1.54. The molecule has 1 aliphatic heterocycles. The zero-order valence-electron chi connectivity index (χ0n) is 20.2. The van der Waals surface area contributed by atoms with E-state index in [-0.39, 0.29) is 23.6 Å². The van der Waals surface area contributed by atoms with Crippen molar-refractivity contribution in [2.24, 2.45) is 0 Å². The van der Waals surface area contributed by atoms with E-state index in [9.17, 15) is 24.8 Å². The maximum absolute atomic E-state index is 13.1. The van der Waals surface area contributed by atoms with E-state index < -0.39 is 22.7 Å². The normalized spacial score (nSPS) is 17.1. The van der Waals surface area contributed by atoms with Gasteiger partial charge in [0.15, 0.2) is 0 Å². The molecule has 1 N–H and O–H groups in total. The molecular weight excluding hydrogens is 452 g/mol. The van der Waals surface area contributed by atoms with Crippen molar-refractivity contribution in [2.75, 3.05) is 26.9 Å². The highest BCUT2D eigenvalue weighted by molar-refractivity contribution is 6.46. The van der Waals surface area contributed by atoms with Crippen LogP contribution in [-0.4, -0.2) is 53.5 Å². The molecule has 0 bridgehead atoms. The second-order valence-corrected chi connectivity index (χ2v) is 8.37. The lowest BCUT2D eigenvalue weighted by Gasteiger charge is -2.25. The summed E-state index contributed by atoms with van der Waals surface area (Å²) >= 11 is 0. The van der Waals surface area contributed by atoms with Crippen LogP contribution >= 0.6 is 0 Å². The number of unbranched alkanes of at least 4 members (excludes halogenated alkanes) is 1. The third-order valence-electron chi connectivity index (χ3n) is 5.91. The summed E-state index contributed by atoms with van der Waals surface area (Å²) in [6.45, 7) is 5.10. The van der Waals surface area contributed by atoms with Gasteiger partial charge in [-0.25, -0.2) is 0 Å². The highest BCUT2D eigenvalue weighted by Gasteiger charge is 2.45. The van der Waals surface area contributed by atoms with E-state index in [1.54, 1.807) is 25.3 Å². The average molecular weight is 483 g/mol. The number of rotatable bonds is 11. The minimum atomic E-state index is -0.881. The number of aryl methyl sites for hydroxylation is 1. The number of Topliss-reactive ketones (excluding diaryl/α,β-unsaturated/α-hetero) is 1. The first-order valence-corrected chi connectivity index (χ1v) is 11.6. The summed E-state index contributed by atoms with van der Waals surface area (Å²) in [5, 5.41) is 22.3. The van der Waals surface area contributed by atoms with Crippen LogP contribution in [0.5, 0.6) is 5.75 Å². The molecule has 0 aromatic heterocycles. The van der Waals surface area contributed by atoms with Crippen molar-refractivity contribution >= 4 is 23.1 Å². The molecule has 0 saturated carbocycles. The van der Waals surface area contributed by atoms with Gasteiger partial charge < -0.3 is 19.5 Å². The Kier molecular flexibility index (Phi) is 8.59. The van der Waals surface area contributed by atoms with Crippen LogP contribution in [0.3, 0.4) is 0 Å². The Labute approximate surface area is 204 Å². The molecule has 0 unspecified atom stereocenters. The highest BCUT2D eigenvalue weighted by atomic mass is 16.6. The Morgan fingerprint density at radius 2 is 1.83 bits per heavy atom. The Hall–Kier alpha value is -3.72. The van der Waals surface area contributed by atoms with E-state index in [1.807, 2.05) is 6.92 Å². The minimum Gasteiger partial charge on any atom is -0.507 e. The van der Waals surface area contributed by atoms with E-state index in [4.69, 9.17) is 9.47 Å². The Morgan fingerprint density at radius 1 is 1.11 bits per heavy atom. The number of nitrogens with zero attached hydrogens (tertiary/aromatic N) is 2. The maximum atomic E-state index is 13.1. The van der Waals surface area contributed by atoms with Crippen molar-refractivity contribution in [3.8, 4) is 5.75 Å². The van der Waals surface area contributed by atoms with Crippen molar-refractivity contribution < 1.29 is 29.1 Å². The zero-order valence-corrected chi connectivity index (χ0v) is 20.2. The van der Waals surface area contributed by atoms with Gasteiger partial charge in [0.1, 0.15) is 11.5 Å². The van der Waals surface area contributed by atoms with Crippen LogP contribution in [0.15, 0.2) is 48.0 Å². The number of benzene rings is 2. The molecule has 3 rings (SSSR count). The van der Waals surface area contributed by atoms with Gasteiger partial charge in [-0.15, -0.1) is 0 Å². The van der Waals surface area contributed by atoms with E-state index in [1.165, 1.54) is 29.2 Å². The highest BCUT2D eigenvalue weighted by Crippen LogP contribution is 2.40. The molecule has 1 amide bonds. The third-order valence-corrected chi connectivity index (χ3v) is 5.91. The third kappa shape index (κ3) is 5.68. The molecule has 1 saturated heterocycles. The van der Waals surface area contributed by atoms with Crippen molar-refractivity contribution in [1.29, 1.82) is 0 Å². The first kappa shape index (κ1) is 25.9. The molecule has 35 heavy (non-hydrogen) atoms. The Balaban J connectivity index is 2.05. The molecule has 1 fully saturated rings. The van der Waals surface area contributed by atoms with Crippen molar-refractivity contribution in [3.63, 3.8) is 0 Å². The molecule has 9 nitrogen and oxygen atoms in total. The summed E-state index contributed by atoms with van der Waals surface area (Å²) < 4.78 is 10.9. The number of methoxy groups -OCH3 is 1.